The Kier molecular flexibility index (Phi) is 9.88. The summed E-state index contributed by atoms with van der Waals surface area (Å²) in [6, 6.07) is 7.90. The molecule has 0 atom stereocenters. The fourth-order valence-corrected chi connectivity index (χ4v) is 2.12. The van der Waals surface area contributed by atoms with Crippen LogP contribution in [0.25, 0.3) is 0 Å². The van der Waals surface area contributed by atoms with Gasteiger partial charge in [0.15, 0.2) is 0 Å². The van der Waals surface area contributed by atoms with Gasteiger partial charge < -0.3 is 4.74 Å². The zero-order valence-electron chi connectivity index (χ0n) is 12.5. The Hall–Kier alpha value is -1.13. The normalized spacial score (nSPS) is 9.90. The van der Waals surface area contributed by atoms with Crippen molar-refractivity contribution < 1.29 is 4.74 Å². The van der Waals surface area contributed by atoms with Crippen LogP contribution < -0.4 is 4.74 Å². The van der Waals surface area contributed by atoms with Crippen LogP contribution >= 0.6 is 11.6 Å². The first-order valence-electron chi connectivity index (χ1n) is 7.64. The molecule has 110 valence electrons. The molecule has 1 aromatic carbocycles. The molecule has 20 heavy (non-hydrogen) atoms. The van der Waals surface area contributed by atoms with Crippen molar-refractivity contribution in [3.63, 3.8) is 0 Å². The highest BCUT2D eigenvalue weighted by atomic mass is 35.5. The van der Waals surface area contributed by atoms with Crippen LogP contribution in [0, 0.1) is 11.8 Å². The van der Waals surface area contributed by atoms with E-state index in [1.165, 1.54) is 38.5 Å². The Labute approximate surface area is 128 Å². The highest BCUT2D eigenvalue weighted by Gasteiger charge is 1.96. The highest BCUT2D eigenvalue weighted by molar-refractivity contribution is 6.19. The average Bonchev–Trinajstić information content (AvgIpc) is 2.48. The monoisotopic (exact) mass is 292 g/mol. The quantitative estimate of drug-likeness (QED) is 0.336. The van der Waals surface area contributed by atoms with Crippen molar-refractivity contribution >= 4 is 11.6 Å². The third-order valence-electron chi connectivity index (χ3n) is 3.15. The van der Waals surface area contributed by atoms with Gasteiger partial charge in [-0.2, -0.15) is 0 Å². The molecule has 0 amide bonds. The van der Waals surface area contributed by atoms with E-state index in [-0.39, 0.29) is 0 Å². The molecule has 1 rings (SSSR count). The van der Waals surface area contributed by atoms with Gasteiger partial charge in [-0.3, -0.25) is 0 Å². The number of alkyl halides is 1. The summed E-state index contributed by atoms with van der Waals surface area (Å²) < 4.78 is 5.75. The van der Waals surface area contributed by atoms with Gasteiger partial charge in [-0.05, 0) is 24.6 Å². The van der Waals surface area contributed by atoms with Gasteiger partial charge in [0.25, 0.3) is 0 Å². The van der Waals surface area contributed by atoms with Crippen LogP contribution in [-0.2, 0) is 0 Å². The predicted octanol–water partition coefficient (Wildman–Crippen LogP) is 5.41. The van der Waals surface area contributed by atoms with Crippen molar-refractivity contribution in [3.05, 3.63) is 29.8 Å². The second-order valence-corrected chi connectivity index (χ2v) is 5.20. The van der Waals surface area contributed by atoms with Gasteiger partial charge in [-0.1, -0.05) is 63.4 Å². The van der Waals surface area contributed by atoms with Gasteiger partial charge in [-0.25, -0.2) is 0 Å². The number of hydrogen-bond acceptors (Lipinski definition) is 1. The van der Waals surface area contributed by atoms with Gasteiger partial charge in [0.1, 0.15) is 5.75 Å². The van der Waals surface area contributed by atoms with Gasteiger partial charge in [-0.15, -0.1) is 11.6 Å². The molecule has 0 bridgehead atoms. The summed E-state index contributed by atoms with van der Waals surface area (Å²) in [6.07, 6.45) is 9.12. The summed E-state index contributed by atoms with van der Waals surface area (Å²) >= 11 is 5.55. The molecule has 0 aliphatic heterocycles. The van der Waals surface area contributed by atoms with Gasteiger partial charge in [0, 0.05) is 5.56 Å². The number of halogens is 1. The van der Waals surface area contributed by atoms with E-state index in [1.54, 1.807) is 0 Å². The van der Waals surface area contributed by atoms with Gasteiger partial charge in [0.05, 0.1) is 12.5 Å². The van der Waals surface area contributed by atoms with Crippen LogP contribution in [0.3, 0.4) is 0 Å². The summed E-state index contributed by atoms with van der Waals surface area (Å²) in [5, 5.41) is 0. The minimum absolute atomic E-state index is 0.364. The van der Waals surface area contributed by atoms with Crippen LogP contribution in [0.2, 0.25) is 0 Å². The maximum absolute atomic E-state index is 5.75. The number of rotatable bonds is 9. The molecule has 0 heterocycles. The molecule has 0 spiro atoms. The number of hydrogen-bond donors (Lipinski definition) is 0. The molecule has 0 saturated carbocycles. The molecule has 0 aromatic heterocycles. The topological polar surface area (TPSA) is 9.23 Å². The summed E-state index contributed by atoms with van der Waals surface area (Å²) in [6.45, 7) is 3.04. The fourth-order valence-electron chi connectivity index (χ4n) is 2.05. The van der Waals surface area contributed by atoms with Crippen molar-refractivity contribution in [2.45, 2.75) is 51.9 Å². The smallest absolute Gasteiger partial charge is 0.120 e. The third kappa shape index (κ3) is 8.12. The Morgan fingerprint density at radius 2 is 1.80 bits per heavy atom. The molecule has 0 aliphatic carbocycles. The molecule has 0 N–H and O–H groups in total. The molecule has 0 saturated heterocycles. The number of benzene rings is 1. The van der Waals surface area contributed by atoms with Crippen LogP contribution in [0.1, 0.15) is 57.4 Å². The molecular weight excluding hydrogens is 268 g/mol. The van der Waals surface area contributed by atoms with Crippen LogP contribution in [0.4, 0.5) is 0 Å². The van der Waals surface area contributed by atoms with E-state index in [4.69, 9.17) is 16.3 Å². The van der Waals surface area contributed by atoms with E-state index in [1.807, 2.05) is 24.3 Å². The SMILES string of the molecule is CCCCCCCCCOc1cccc(C#CCCl)c1. The van der Waals surface area contributed by atoms with Crippen molar-refractivity contribution in [1.82, 2.24) is 0 Å². The Morgan fingerprint density at radius 1 is 1.05 bits per heavy atom. The summed E-state index contributed by atoms with van der Waals surface area (Å²) in [5.74, 6) is 7.12. The zero-order chi connectivity index (χ0) is 14.5. The lowest BCUT2D eigenvalue weighted by Gasteiger charge is -2.06. The van der Waals surface area contributed by atoms with E-state index in [0.29, 0.717) is 5.88 Å². The molecule has 0 radical (unpaired) electrons. The third-order valence-corrected chi connectivity index (χ3v) is 3.28. The van der Waals surface area contributed by atoms with E-state index >= 15 is 0 Å². The first-order chi connectivity index (χ1) is 9.86. The lowest BCUT2D eigenvalue weighted by atomic mass is 10.1. The molecule has 0 aliphatic rings. The van der Waals surface area contributed by atoms with Crippen LogP contribution in [-0.4, -0.2) is 12.5 Å². The summed E-state index contributed by atoms with van der Waals surface area (Å²) in [5.41, 5.74) is 0.961. The zero-order valence-corrected chi connectivity index (χ0v) is 13.2. The Balaban J connectivity index is 2.15. The average molecular weight is 293 g/mol. The van der Waals surface area contributed by atoms with Crippen molar-refractivity contribution in [3.8, 4) is 17.6 Å². The highest BCUT2D eigenvalue weighted by Crippen LogP contribution is 2.14. The van der Waals surface area contributed by atoms with Crippen LogP contribution in [0.15, 0.2) is 24.3 Å². The molecular formula is C18H25ClO. The minimum Gasteiger partial charge on any atom is -0.494 e. The molecule has 1 nitrogen and oxygen atoms in total. The van der Waals surface area contributed by atoms with Crippen LogP contribution in [0.5, 0.6) is 5.75 Å². The van der Waals surface area contributed by atoms with Gasteiger partial charge >= 0.3 is 0 Å². The van der Waals surface area contributed by atoms with Crippen molar-refractivity contribution in [2.24, 2.45) is 0 Å². The van der Waals surface area contributed by atoms with E-state index in [9.17, 15) is 0 Å². The largest absolute Gasteiger partial charge is 0.494 e. The molecule has 1 aromatic rings. The van der Waals surface area contributed by atoms with E-state index < -0.39 is 0 Å². The van der Waals surface area contributed by atoms with E-state index in [2.05, 4.69) is 18.8 Å². The fraction of sp³-hybridized carbons (Fsp3) is 0.556. The maximum Gasteiger partial charge on any atom is 0.120 e. The minimum atomic E-state index is 0.364. The first kappa shape index (κ1) is 16.9. The molecule has 0 unspecified atom stereocenters. The standard InChI is InChI=1S/C18H25ClO/c1-2-3-4-5-6-7-8-15-20-18-13-9-11-17(16-18)12-10-14-19/h9,11,13,16H,2-8,14-15H2,1H3. The maximum atomic E-state index is 5.75. The molecule has 0 fully saturated rings. The van der Waals surface area contributed by atoms with E-state index in [0.717, 1.165) is 24.3 Å². The lowest BCUT2D eigenvalue weighted by molar-refractivity contribution is 0.304. The Bertz CT molecular complexity index is 417. The number of unbranched alkanes of at least 4 members (excludes halogenated alkanes) is 6. The lowest BCUT2D eigenvalue weighted by Crippen LogP contribution is -1.97. The second-order valence-electron chi connectivity index (χ2n) is 4.93. The van der Waals surface area contributed by atoms with Crippen molar-refractivity contribution in [2.75, 3.05) is 12.5 Å². The predicted molar refractivity (Wildman–Crippen MR) is 87.5 cm³/mol. The first-order valence-corrected chi connectivity index (χ1v) is 8.18. The van der Waals surface area contributed by atoms with Gasteiger partial charge in [0.2, 0.25) is 0 Å². The Morgan fingerprint density at radius 3 is 2.55 bits per heavy atom. The number of ether oxygens (including phenoxy) is 1. The molecule has 2 heteroatoms. The second kappa shape index (κ2) is 11.7. The van der Waals surface area contributed by atoms with Crippen molar-refractivity contribution in [1.29, 1.82) is 0 Å². The summed E-state index contributed by atoms with van der Waals surface area (Å²) in [7, 11) is 0. The summed E-state index contributed by atoms with van der Waals surface area (Å²) in [4.78, 5) is 0.